The molecule has 0 spiro atoms. The number of benzene rings is 2. The summed E-state index contributed by atoms with van der Waals surface area (Å²) in [5.41, 5.74) is 1.74. The number of alkyl halides is 2. The minimum Gasteiger partial charge on any atom is -0.493 e. The second-order valence-electron chi connectivity index (χ2n) is 8.63. The minimum absolute atomic E-state index is 0.0206. The third-order valence-electron chi connectivity index (χ3n) is 6.09. The van der Waals surface area contributed by atoms with E-state index in [9.17, 15) is 22.3 Å². The van der Waals surface area contributed by atoms with E-state index in [-0.39, 0.29) is 45.8 Å². The molecule has 0 unspecified atom stereocenters. The summed E-state index contributed by atoms with van der Waals surface area (Å²) in [5.74, 6) is -3.28. The van der Waals surface area contributed by atoms with E-state index in [1.54, 1.807) is 24.3 Å². The maximum absolute atomic E-state index is 14.0. The number of anilines is 1. The van der Waals surface area contributed by atoms with Gasteiger partial charge in [-0.25, -0.2) is 26.5 Å². The van der Waals surface area contributed by atoms with Gasteiger partial charge in [-0.2, -0.15) is 9.78 Å². The largest absolute Gasteiger partial charge is 0.493 e. The van der Waals surface area contributed by atoms with E-state index in [1.807, 2.05) is 6.92 Å². The Morgan fingerprint density at radius 2 is 1.83 bits per heavy atom. The first-order chi connectivity index (χ1) is 17.0. The van der Waals surface area contributed by atoms with Crippen LogP contribution in [-0.2, 0) is 22.4 Å². The van der Waals surface area contributed by atoms with Crippen molar-refractivity contribution in [1.82, 2.24) is 14.8 Å². The standard InChI is InChI=1S/C25H21ClF2N4O3S/c1-15-5-8-17(9-6-15)36(34,35)31-13-11-19-22(18-4-3-12-29-23(18)31)30-32(24(19)33)21-14-16(25(2,27)28)7-10-20(21)26/h3-10,12,14,33H,11,13H2,1-2H3. The van der Waals surface area contributed by atoms with Gasteiger partial charge in [0.25, 0.3) is 15.9 Å². The van der Waals surface area contributed by atoms with Crippen LogP contribution in [0.5, 0.6) is 5.88 Å². The lowest BCUT2D eigenvalue weighted by Gasteiger charge is -2.23. The molecule has 2 aromatic heterocycles. The predicted molar refractivity (Wildman–Crippen MR) is 132 cm³/mol. The number of hydrogen-bond acceptors (Lipinski definition) is 5. The molecule has 0 aliphatic carbocycles. The smallest absolute Gasteiger partial charge is 0.270 e. The molecule has 0 radical (unpaired) electrons. The molecule has 1 aliphatic heterocycles. The Kier molecular flexibility index (Phi) is 5.76. The van der Waals surface area contributed by atoms with Crippen molar-refractivity contribution in [2.24, 2.45) is 0 Å². The number of aromatic hydroxyl groups is 1. The zero-order valence-electron chi connectivity index (χ0n) is 19.3. The number of nitrogens with zero attached hydrogens (tertiary/aromatic N) is 4. The first-order valence-electron chi connectivity index (χ1n) is 11.0. The van der Waals surface area contributed by atoms with Gasteiger partial charge < -0.3 is 5.11 Å². The molecule has 186 valence electrons. The van der Waals surface area contributed by atoms with E-state index in [4.69, 9.17) is 11.6 Å². The summed E-state index contributed by atoms with van der Waals surface area (Å²) in [5, 5.41) is 15.7. The first kappa shape index (κ1) is 24.2. The number of fused-ring (bicyclic) bond motifs is 3. The van der Waals surface area contributed by atoms with Crippen molar-refractivity contribution >= 4 is 27.4 Å². The van der Waals surface area contributed by atoms with Crippen LogP contribution in [0, 0.1) is 6.92 Å². The molecule has 1 aliphatic rings. The van der Waals surface area contributed by atoms with Gasteiger partial charge in [-0.15, -0.1) is 0 Å². The quantitative estimate of drug-likeness (QED) is 0.378. The number of aryl methyl sites for hydroxylation is 1. The van der Waals surface area contributed by atoms with Crippen LogP contribution in [0.25, 0.3) is 16.9 Å². The van der Waals surface area contributed by atoms with Gasteiger partial charge in [0.1, 0.15) is 5.69 Å². The Bertz CT molecular complexity index is 1580. The van der Waals surface area contributed by atoms with Crippen LogP contribution >= 0.6 is 11.6 Å². The molecule has 4 aromatic rings. The highest BCUT2D eigenvalue weighted by Crippen LogP contribution is 2.42. The Labute approximate surface area is 211 Å². The summed E-state index contributed by atoms with van der Waals surface area (Å²) in [4.78, 5) is 4.45. The Balaban J connectivity index is 1.66. The molecule has 0 atom stereocenters. The van der Waals surface area contributed by atoms with Crippen LogP contribution in [0.4, 0.5) is 14.6 Å². The number of sulfonamides is 1. The average molecular weight is 531 g/mol. The van der Waals surface area contributed by atoms with Crippen LogP contribution in [0.2, 0.25) is 5.02 Å². The molecule has 3 heterocycles. The lowest BCUT2D eigenvalue weighted by atomic mass is 10.1. The van der Waals surface area contributed by atoms with Crippen molar-refractivity contribution in [3.8, 4) is 22.8 Å². The maximum Gasteiger partial charge on any atom is 0.270 e. The number of halogens is 3. The fourth-order valence-electron chi connectivity index (χ4n) is 4.18. The summed E-state index contributed by atoms with van der Waals surface area (Å²) in [7, 11) is -3.96. The third-order valence-corrected chi connectivity index (χ3v) is 8.21. The topological polar surface area (TPSA) is 88.3 Å². The van der Waals surface area contributed by atoms with Crippen LogP contribution in [0.15, 0.2) is 65.7 Å². The van der Waals surface area contributed by atoms with E-state index in [0.29, 0.717) is 16.8 Å². The Morgan fingerprint density at radius 1 is 1.11 bits per heavy atom. The fourth-order valence-corrected chi connectivity index (χ4v) is 5.81. The van der Waals surface area contributed by atoms with Crippen LogP contribution in [0.1, 0.15) is 23.6 Å². The number of pyridine rings is 1. The Morgan fingerprint density at radius 3 is 2.53 bits per heavy atom. The summed E-state index contributed by atoms with van der Waals surface area (Å²) in [6.45, 7) is 2.61. The van der Waals surface area contributed by atoms with E-state index in [0.717, 1.165) is 17.2 Å². The highest BCUT2D eigenvalue weighted by molar-refractivity contribution is 7.92. The molecule has 0 saturated carbocycles. The molecular formula is C25H21ClF2N4O3S. The third kappa shape index (κ3) is 4.00. The van der Waals surface area contributed by atoms with Crippen LogP contribution < -0.4 is 4.31 Å². The Hall–Kier alpha value is -3.50. The van der Waals surface area contributed by atoms with Gasteiger partial charge in [-0.05, 0) is 49.7 Å². The zero-order valence-corrected chi connectivity index (χ0v) is 20.9. The number of hydrogen-bond donors (Lipinski definition) is 1. The minimum atomic E-state index is -3.96. The monoisotopic (exact) mass is 530 g/mol. The van der Waals surface area contributed by atoms with E-state index < -0.39 is 15.9 Å². The first-order valence-corrected chi connectivity index (χ1v) is 12.8. The molecule has 36 heavy (non-hydrogen) atoms. The van der Waals surface area contributed by atoms with Crippen molar-refractivity contribution in [2.45, 2.75) is 31.1 Å². The summed E-state index contributed by atoms with van der Waals surface area (Å²) in [6.07, 6.45) is 1.58. The normalized spacial score (nSPS) is 13.8. The molecule has 0 saturated heterocycles. The lowest BCUT2D eigenvalue weighted by molar-refractivity contribution is 0.0174. The van der Waals surface area contributed by atoms with Crippen molar-refractivity contribution in [2.75, 3.05) is 10.8 Å². The zero-order chi connectivity index (χ0) is 25.8. The predicted octanol–water partition coefficient (Wildman–Crippen LogP) is 5.46. The molecule has 7 nitrogen and oxygen atoms in total. The van der Waals surface area contributed by atoms with E-state index >= 15 is 0 Å². The number of aromatic nitrogens is 3. The second kappa shape index (κ2) is 8.56. The van der Waals surface area contributed by atoms with Crippen molar-refractivity contribution < 1.29 is 22.3 Å². The van der Waals surface area contributed by atoms with Crippen molar-refractivity contribution in [3.05, 3.63) is 82.5 Å². The SMILES string of the molecule is Cc1ccc(S(=O)(=O)N2CCc3c(nn(-c4cc(C(C)(F)F)ccc4Cl)c3O)-c3cccnc32)cc1. The van der Waals surface area contributed by atoms with Gasteiger partial charge in [0.2, 0.25) is 5.88 Å². The maximum atomic E-state index is 14.0. The molecule has 0 bridgehead atoms. The fraction of sp³-hybridized carbons (Fsp3) is 0.200. The van der Waals surface area contributed by atoms with Gasteiger partial charge in [0.05, 0.1) is 15.6 Å². The van der Waals surface area contributed by atoms with Gasteiger partial charge in [-0.1, -0.05) is 35.4 Å². The van der Waals surface area contributed by atoms with Gasteiger partial charge in [0, 0.05) is 36.4 Å². The summed E-state index contributed by atoms with van der Waals surface area (Å²) < 4.78 is 57.3. The van der Waals surface area contributed by atoms with E-state index in [2.05, 4.69) is 10.1 Å². The highest BCUT2D eigenvalue weighted by atomic mass is 35.5. The molecule has 0 amide bonds. The van der Waals surface area contributed by atoms with Gasteiger partial charge in [-0.3, -0.25) is 0 Å². The van der Waals surface area contributed by atoms with E-state index in [1.165, 1.54) is 40.8 Å². The van der Waals surface area contributed by atoms with Crippen LogP contribution in [-0.4, -0.2) is 34.8 Å². The van der Waals surface area contributed by atoms with Crippen molar-refractivity contribution in [1.29, 1.82) is 0 Å². The van der Waals surface area contributed by atoms with Gasteiger partial charge >= 0.3 is 0 Å². The molecular weight excluding hydrogens is 510 g/mol. The van der Waals surface area contributed by atoms with Crippen LogP contribution in [0.3, 0.4) is 0 Å². The molecule has 5 rings (SSSR count). The molecule has 1 N–H and O–H groups in total. The lowest BCUT2D eigenvalue weighted by Crippen LogP contribution is -2.33. The molecule has 2 aromatic carbocycles. The second-order valence-corrected chi connectivity index (χ2v) is 10.9. The van der Waals surface area contributed by atoms with Gasteiger partial charge in [0.15, 0.2) is 5.82 Å². The highest BCUT2D eigenvalue weighted by Gasteiger charge is 2.34. The molecule has 11 heteroatoms. The average Bonchev–Trinajstić information content (AvgIpc) is 3.05. The van der Waals surface area contributed by atoms with Crippen molar-refractivity contribution in [3.63, 3.8) is 0 Å². The summed E-state index contributed by atoms with van der Waals surface area (Å²) in [6, 6.07) is 13.5. The number of rotatable bonds is 4. The molecule has 0 fully saturated rings. The summed E-state index contributed by atoms with van der Waals surface area (Å²) >= 11 is 6.29.